The number of benzene rings is 1. The SMILES string of the molecule is CC(C)(C)OC(=O)N1CCC[C@H]1C#Cc1cnc(N)c2c(-c3ccc(N)cc3)csc12. The van der Waals surface area contributed by atoms with E-state index in [1.54, 1.807) is 22.4 Å². The molecule has 2 aromatic heterocycles. The smallest absolute Gasteiger partial charge is 0.411 e. The highest BCUT2D eigenvalue weighted by atomic mass is 32.1. The normalized spacial score (nSPS) is 16.2. The maximum atomic E-state index is 12.5. The minimum absolute atomic E-state index is 0.168. The summed E-state index contributed by atoms with van der Waals surface area (Å²) in [5, 5.41) is 2.97. The molecule has 1 aromatic carbocycles. The van der Waals surface area contributed by atoms with Crippen LogP contribution in [-0.4, -0.2) is 34.2 Å². The van der Waals surface area contributed by atoms with E-state index in [2.05, 4.69) is 22.2 Å². The van der Waals surface area contributed by atoms with Gasteiger partial charge >= 0.3 is 6.09 Å². The van der Waals surface area contributed by atoms with Crippen molar-refractivity contribution in [2.24, 2.45) is 0 Å². The molecule has 1 saturated heterocycles. The van der Waals surface area contributed by atoms with Gasteiger partial charge in [-0.2, -0.15) is 0 Å². The second kappa shape index (κ2) is 8.12. The van der Waals surface area contributed by atoms with Gasteiger partial charge < -0.3 is 16.2 Å². The van der Waals surface area contributed by atoms with Crippen molar-refractivity contribution in [3.05, 3.63) is 41.4 Å². The summed E-state index contributed by atoms with van der Waals surface area (Å²) < 4.78 is 6.53. The van der Waals surface area contributed by atoms with Crippen LogP contribution in [0.3, 0.4) is 0 Å². The third-order valence-electron chi connectivity index (χ3n) is 5.10. The number of hydrogen-bond acceptors (Lipinski definition) is 6. The second-order valence-electron chi connectivity index (χ2n) is 8.63. The first-order chi connectivity index (χ1) is 14.7. The molecule has 0 aliphatic carbocycles. The Bertz CT molecular complexity index is 1180. The molecule has 1 amide bonds. The van der Waals surface area contributed by atoms with Gasteiger partial charge in [-0.25, -0.2) is 9.78 Å². The van der Waals surface area contributed by atoms with E-state index in [-0.39, 0.29) is 12.1 Å². The fraction of sp³-hybridized carbons (Fsp3) is 0.333. The van der Waals surface area contributed by atoms with Gasteiger partial charge in [-0.3, -0.25) is 4.90 Å². The Morgan fingerprint density at radius 2 is 2.00 bits per heavy atom. The first kappa shape index (κ1) is 21.0. The topological polar surface area (TPSA) is 94.5 Å². The Balaban J connectivity index is 1.66. The number of amides is 1. The third kappa shape index (κ3) is 4.44. The Morgan fingerprint density at radius 3 is 2.71 bits per heavy atom. The quantitative estimate of drug-likeness (QED) is 0.420. The van der Waals surface area contributed by atoms with E-state index in [9.17, 15) is 4.79 Å². The van der Waals surface area contributed by atoms with Gasteiger partial charge in [-0.1, -0.05) is 24.0 Å². The lowest BCUT2D eigenvalue weighted by Gasteiger charge is -2.26. The first-order valence-corrected chi connectivity index (χ1v) is 11.1. The van der Waals surface area contributed by atoms with Crippen molar-refractivity contribution in [1.29, 1.82) is 0 Å². The number of anilines is 2. The van der Waals surface area contributed by atoms with Crippen molar-refractivity contribution in [2.45, 2.75) is 45.3 Å². The van der Waals surface area contributed by atoms with Crippen LogP contribution in [0.1, 0.15) is 39.2 Å². The number of ether oxygens (including phenoxy) is 1. The van der Waals surface area contributed by atoms with Crippen LogP contribution in [0.15, 0.2) is 35.8 Å². The molecule has 4 rings (SSSR count). The van der Waals surface area contributed by atoms with E-state index in [4.69, 9.17) is 16.2 Å². The zero-order valence-corrected chi connectivity index (χ0v) is 18.8. The maximum absolute atomic E-state index is 12.5. The van der Waals surface area contributed by atoms with Gasteiger partial charge in [-0.05, 0) is 56.7 Å². The van der Waals surface area contributed by atoms with E-state index < -0.39 is 5.60 Å². The Hall–Kier alpha value is -3.24. The Kier molecular flexibility index (Phi) is 5.50. The zero-order valence-electron chi connectivity index (χ0n) is 17.9. The van der Waals surface area contributed by atoms with Crippen molar-refractivity contribution in [2.75, 3.05) is 18.0 Å². The number of carbonyl (C=O) groups is 1. The Morgan fingerprint density at radius 1 is 1.26 bits per heavy atom. The number of nitrogens with two attached hydrogens (primary N) is 2. The van der Waals surface area contributed by atoms with Crippen LogP contribution in [-0.2, 0) is 4.74 Å². The summed E-state index contributed by atoms with van der Waals surface area (Å²) in [7, 11) is 0. The molecular weight excluding hydrogens is 408 g/mol. The molecule has 0 saturated carbocycles. The van der Waals surface area contributed by atoms with Gasteiger partial charge in [0.1, 0.15) is 11.4 Å². The van der Waals surface area contributed by atoms with Crippen LogP contribution in [0.2, 0.25) is 0 Å². The zero-order chi connectivity index (χ0) is 22.2. The molecule has 7 heteroatoms. The number of aromatic nitrogens is 1. The number of nitrogens with zero attached hydrogens (tertiary/aromatic N) is 2. The van der Waals surface area contributed by atoms with Gasteiger partial charge in [0.05, 0.1) is 16.3 Å². The number of nitrogen functional groups attached to an aromatic ring is 2. The fourth-order valence-electron chi connectivity index (χ4n) is 3.65. The maximum Gasteiger partial charge on any atom is 0.411 e. The number of fused-ring (bicyclic) bond motifs is 1. The van der Waals surface area contributed by atoms with Crippen LogP contribution in [0.4, 0.5) is 16.3 Å². The average molecular weight is 435 g/mol. The first-order valence-electron chi connectivity index (χ1n) is 10.3. The summed E-state index contributed by atoms with van der Waals surface area (Å²) in [5.74, 6) is 7.00. The molecule has 0 bridgehead atoms. The van der Waals surface area contributed by atoms with Crippen LogP contribution in [0.25, 0.3) is 21.2 Å². The summed E-state index contributed by atoms with van der Waals surface area (Å²) in [6.45, 7) is 6.26. The lowest BCUT2D eigenvalue weighted by atomic mass is 10.0. The summed E-state index contributed by atoms with van der Waals surface area (Å²) in [6, 6.07) is 7.53. The van der Waals surface area contributed by atoms with Gasteiger partial charge in [-0.15, -0.1) is 11.3 Å². The molecule has 1 aliphatic heterocycles. The largest absolute Gasteiger partial charge is 0.444 e. The third-order valence-corrected chi connectivity index (χ3v) is 6.11. The number of carbonyl (C=O) groups excluding carboxylic acids is 1. The lowest BCUT2D eigenvalue weighted by Crippen LogP contribution is -2.39. The van der Waals surface area contributed by atoms with Gasteiger partial charge in [0.25, 0.3) is 0 Å². The molecule has 3 aromatic rings. The van der Waals surface area contributed by atoms with Crippen LogP contribution in [0, 0.1) is 11.8 Å². The molecule has 1 atom stereocenters. The summed E-state index contributed by atoms with van der Waals surface area (Å²) in [4.78, 5) is 18.6. The van der Waals surface area contributed by atoms with Crippen molar-refractivity contribution in [3.8, 4) is 23.0 Å². The van der Waals surface area contributed by atoms with Crippen molar-refractivity contribution in [3.63, 3.8) is 0 Å². The molecular formula is C24H26N4O2S. The molecule has 160 valence electrons. The molecule has 6 nitrogen and oxygen atoms in total. The highest BCUT2D eigenvalue weighted by molar-refractivity contribution is 7.18. The summed E-state index contributed by atoms with van der Waals surface area (Å²) in [6.07, 6.45) is 3.14. The average Bonchev–Trinajstić information content (AvgIpc) is 3.35. The van der Waals surface area contributed by atoms with Gasteiger partial charge in [0, 0.05) is 29.4 Å². The minimum atomic E-state index is -0.528. The number of rotatable bonds is 1. The molecule has 31 heavy (non-hydrogen) atoms. The van der Waals surface area contributed by atoms with E-state index >= 15 is 0 Å². The standard InChI is InChI=1S/C24H26N4O2S/c1-24(2,3)30-23(29)28-12-4-5-18(28)11-8-16-13-27-22(26)20-19(14-31-21(16)20)15-6-9-17(25)10-7-15/h6-7,9-10,13-14,18H,4-5,12,25H2,1-3H3,(H2,26,27)/t18-/m0/s1. The van der Waals surface area contributed by atoms with E-state index in [1.807, 2.05) is 45.0 Å². The molecule has 4 N–H and O–H groups in total. The van der Waals surface area contributed by atoms with Crippen LogP contribution >= 0.6 is 11.3 Å². The molecule has 3 heterocycles. The Labute approximate surface area is 186 Å². The van der Waals surface area contributed by atoms with Crippen molar-refractivity contribution in [1.82, 2.24) is 9.88 Å². The predicted octanol–water partition coefficient (Wildman–Crippen LogP) is 4.88. The lowest BCUT2D eigenvalue weighted by molar-refractivity contribution is 0.0261. The summed E-state index contributed by atoms with van der Waals surface area (Å²) in [5.41, 5.74) is 15.1. The summed E-state index contributed by atoms with van der Waals surface area (Å²) >= 11 is 1.59. The molecule has 0 radical (unpaired) electrons. The van der Waals surface area contributed by atoms with E-state index in [1.165, 1.54) is 0 Å². The van der Waals surface area contributed by atoms with Crippen molar-refractivity contribution >= 4 is 39.0 Å². The number of thiophene rings is 1. The molecule has 1 fully saturated rings. The molecule has 0 spiro atoms. The highest BCUT2D eigenvalue weighted by Gasteiger charge is 2.31. The number of likely N-dealkylation sites (tertiary alicyclic amines) is 1. The monoisotopic (exact) mass is 434 g/mol. The van der Waals surface area contributed by atoms with Crippen LogP contribution in [0.5, 0.6) is 0 Å². The van der Waals surface area contributed by atoms with Crippen LogP contribution < -0.4 is 11.5 Å². The number of pyridine rings is 1. The van der Waals surface area contributed by atoms with E-state index in [0.717, 1.165) is 39.6 Å². The minimum Gasteiger partial charge on any atom is -0.444 e. The van der Waals surface area contributed by atoms with Gasteiger partial charge in [0.2, 0.25) is 0 Å². The predicted molar refractivity (Wildman–Crippen MR) is 127 cm³/mol. The van der Waals surface area contributed by atoms with Crippen molar-refractivity contribution < 1.29 is 9.53 Å². The van der Waals surface area contributed by atoms with E-state index in [0.29, 0.717) is 18.1 Å². The molecule has 1 aliphatic rings. The molecule has 0 unspecified atom stereocenters. The highest BCUT2D eigenvalue weighted by Crippen LogP contribution is 2.38. The second-order valence-corrected chi connectivity index (χ2v) is 9.51. The van der Waals surface area contributed by atoms with Gasteiger partial charge in [0.15, 0.2) is 0 Å². The number of hydrogen-bond donors (Lipinski definition) is 2. The fourth-order valence-corrected chi connectivity index (χ4v) is 4.70.